The molecule has 0 radical (unpaired) electrons. The normalized spacial score (nSPS) is 31.3. The minimum atomic E-state index is -0.974. The number of alkyl halides is 1. The van der Waals surface area contributed by atoms with E-state index in [-0.39, 0.29) is 6.61 Å². The van der Waals surface area contributed by atoms with Crippen LogP contribution >= 0.6 is 23.2 Å². The number of aliphatic hydroxyl groups is 1. The lowest BCUT2D eigenvalue weighted by atomic mass is 10.3. The van der Waals surface area contributed by atoms with Crippen molar-refractivity contribution in [1.82, 2.24) is 5.43 Å². The molecule has 0 saturated heterocycles. The molecule has 0 aromatic heterocycles. The van der Waals surface area contributed by atoms with E-state index in [1.54, 1.807) is 6.08 Å². The summed E-state index contributed by atoms with van der Waals surface area (Å²) in [5.74, 6) is 0. The van der Waals surface area contributed by atoms with Crippen LogP contribution < -0.4 is 5.43 Å². The van der Waals surface area contributed by atoms with Gasteiger partial charge in [0.15, 0.2) is 5.00 Å². The number of hydrogen-bond acceptors (Lipinski definition) is 3. The van der Waals surface area contributed by atoms with Crippen LogP contribution in [0.25, 0.3) is 0 Å². The highest BCUT2D eigenvalue weighted by molar-refractivity contribution is 6.68. The Kier molecular flexibility index (Phi) is 2.18. The lowest BCUT2D eigenvalue weighted by Crippen LogP contribution is -2.40. The summed E-state index contributed by atoms with van der Waals surface area (Å²) < 4.78 is 0. The Bertz CT molecular complexity index is 192. The molecule has 1 aliphatic heterocycles. The van der Waals surface area contributed by atoms with Gasteiger partial charge in [0.25, 0.3) is 0 Å². The zero-order chi connectivity index (χ0) is 7.61. The molecule has 1 heterocycles. The first-order chi connectivity index (χ1) is 4.66. The van der Waals surface area contributed by atoms with Crippen LogP contribution in [0.3, 0.4) is 0 Å². The van der Waals surface area contributed by atoms with Gasteiger partial charge in [0.1, 0.15) is 5.17 Å². The van der Waals surface area contributed by atoms with Crippen molar-refractivity contribution in [3.63, 3.8) is 0 Å². The second kappa shape index (κ2) is 2.78. The largest absolute Gasteiger partial charge is 0.392 e. The van der Waals surface area contributed by atoms with Gasteiger partial charge in [0.05, 0.1) is 6.61 Å². The van der Waals surface area contributed by atoms with Gasteiger partial charge < -0.3 is 5.11 Å². The molecule has 0 aliphatic carbocycles. The van der Waals surface area contributed by atoms with Crippen LogP contribution in [0.15, 0.2) is 17.3 Å². The van der Waals surface area contributed by atoms with Gasteiger partial charge in [-0.1, -0.05) is 23.2 Å². The molecule has 56 valence electrons. The van der Waals surface area contributed by atoms with Crippen LogP contribution in [0.5, 0.6) is 0 Å². The van der Waals surface area contributed by atoms with Gasteiger partial charge in [0, 0.05) is 0 Å². The van der Waals surface area contributed by atoms with E-state index in [1.807, 2.05) is 0 Å². The van der Waals surface area contributed by atoms with E-state index in [1.165, 1.54) is 6.08 Å². The predicted octanol–water partition coefficient (Wildman–Crippen LogP) is 0.626. The molecule has 2 N–H and O–H groups in total. The van der Waals surface area contributed by atoms with Crippen LogP contribution in [0.4, 0.5) is 0 Å². The van der Waals surface area contributed by atoms with Crippen molar-refractivity contribution in [3.05, 3.63) is 12.2 Å². The number of allylic oxidation sites excluding steroid dienone is 1. The summed E-state index contributed by atoms with van der Waals surface area (Å²) in [5.41, 5.74) is 2.48. The fourth-order valence-electron chi connectivity index (χ4n) is 0.510. The molecule has 5 heteroatoms. The summed E-state index contributed by atoms with van der Waals surface area (Å²) in [7, 11) is 0. The Morgan fingerprint density at radius 1 is 1.80 bits per heavy atom. The van der Waals surface area contributed by atoms with Crippen molar-refractivity contribution in [1.29, 1.82) is 0 Å². The van der Waals surface area contributed by atoms with E-state index in [4.69, 9.17) is 28.3 Å². The standard InChI is InChI=1S/C5H6Cl2N2O/c6-4-1-2-5(7,3-10)9-8-4/h1-2,9-10H,3H2. The summed E-state index contributed by atoms with van der Waals surface area (Å²) >= 11 is 11.2. The van der Waals surface area contributed by atoms with Crippen molar-refractivity contribution in [3.8, 4) is 0 Å². The van der Waals surface area contributed by atoms with Crippen LogP contribution in [-0.4, -0.2) is 21.9 Å². The van der Waals surface area contributed by atoms with E-state index in [0.717, 1.165) is 0 Å². The van der Waals surface area contributed by atoms with Gasteiger partial charge in [-0.15, -0.1) is 0 Å². The third-order valence-electron chi connectivity index (χ3n) is 1.06. The molecule has 0 fully saturated rings. The number of nitrogens with zero attached hydrogens (tertiary/aromatic N) is 1. The first kappa shape index (κ1) is 7.85. The molecule has 1 rings (SSSR count). The van der Waals surface area contributed by atoms with Gasteiger partial charge in [-0.3, -0.25) is 5.43 Å². The molecule has 1 atom stereocenters. The molecule has 1 unspecified atom stereocenters. The zero-order valence-electron chi connectivity index (χ0n) is 5.01. The number of nitrogens with one attached hydrogen (secondary N) is 1. The van der Waals surface area contributed by atoms with Gasteiger partial charge in [-0.2, -0.15) is 5.10 Å². The van der Waals surface area contributed by atoms with E-state index in [0.29, 0.717) is 5.17 Å². The maximum absolute atomic E-state index is 8.68. The van der Waals surface area contributed by atoms with Crippen molar-refractivity contribution >= 4 is 28.4 Å². The molecule has 0 aromatic rings. The molecular formula is C5H6Cl2N2O. The van der Waals surface area contributed by atoms with Gasteiger partial charge in [-0.25, -0.2) is 0 Å². The average Bonchev–Trinajstić information content (AvgIpc) is 1.96. The third kappa shape index (κ3) is 1.62. The van der Waals surface area contributed by atoms with Crippen molar-refractivity contribution < 1.29 is 5.11 Å². The van der Waals surface area contributed by atoms with Crippen molar-refractivity contribution in [2.75, 3.05) is 6.61 Å². The SMILES string of the molecule is OCC1(Cl)C=CC(Cl)=NN1. The van der Waals surface area contributed by atoms with Crippen LogP contribution in [0.1, 0.15) is 0 Å². The molecule has 0 spiro atoms. The minimum Gasteiger partial charge on any atom is -0.392 e. The number of aliphatic hydroxyl groups excluding tert-OH is 1. The molecule has 3 nitrogen and oxygen atoms in total. The van der Waals surface area contributed by atoms with Crippen molar-refractivity contribution in [2.24, 2.45) is 5.10 Å². The van der Waals surface area contributed by atoms with Crippen LogP contribution in [0.2, 0.25) is 0 Å². The molecule has 0 amide bonds. The number of rotatable bonds is 1. The lowest BCUT2D eigenvalue weighted by molar-refractivity contribution is 0.246. The molecule has 0 bridgehead atoms. The summed E-state index contributed by atoms with van der Waals surface area (Å²) in [5, 5.41) is 12.6. The van der Waals surface area contributed by atoms with Gasteiger partial charge in [-0.05, 0) is 12.2 Å². The quantitative estimate of drug-likeness (QED) is 0.460. The van der Waals surface area contributed by atoms with E-state index in [2.05, 4.69) is 10.5 Å². The average molecular weight is 181 g/mol. The lowest BCUT2D eigenvalue weighted by Gasteiger charge is -2.22. The predicted molar refractivity (Wildman–Crippen MR) is 41.2 cm³/mol. The molecule has 10 heavy (non-hydrogen) atoms. The highest BCUT2D eigenvalue weighted by Gasteiger charge is 2.23. The van der Waals surface area contributed by atoms with Crippen LogP contribution in [0, 0.1) is 0 Å². The van der Waals surface area contributed by atoms with E-state index >= 15 is 0 Å². The Balaban J connectivity index is 2.67. The highest BCUT2D eigenvalue weighted by atomic mass is 35.5. The number of halogens is 2. The monoisotopic (exact) mass is 180 g/mol. The maximum atomic E-state index is 8.68. The number of hydrazone groups is 1. The topological polar surface area (TPSA) is 44.6 Å². The van der Waals surface area contributed by atoms with Gasteiger partial charge in [0.2, 0.25) is 0 Å². The second-order valence-corrected chi connectivity index (χ2v) is 2.96. The minimum absolute atomic E-state index is 0.223. The van der Waals surface area contributed by atoms with E-state index in [9.17, 15) is 0 Å². The van der Waals surface area contributed by atoms with Gasteiger partial charge >= 0.3 is 0 Å². The van der Waals surface area contributed by atoms with E-state index < -0.39 is 5.00 Å². The highest BCUT2D eigenvalue weighted by Crippen LogP contribution is 2.15. The smallest absolute Gasteiger partial charge is 0.169 e. The Labute approximate surface area is 68.3 Å². The Morgan fingerprint density at radius 3 is 2.90 bits per heavy atom. The first-order valence-electron chi connectivity index (χ1n) is 2.66. The summed E-state index contributed by atoms with van der Waals surface area (Å²) in [4.78, 5) is -0.974. The molecular weight excluding hydrogens is 175 g/mol. The summed E-state index contributed by atoms with van der Waals surface area (Å²) in [6.07, 6.45) is 3.07. The fraction of sp³-hybridized carbons (Fsp3) is 0.400. The Hall–Kier alpha value is -0.250. The molecule has 1 aliphatic rings. The fourth-order valence-corrected chi connectivity index (χ4v) is 0.720. The zero-order valence-corrected chi connectivity index (χ0v) is 6.52. The third-order valence-corrected chi connectivity index (χ3v) is 1.60. The molecule has 0 saturated carbocycles. The summed E-state index contributed by atoms with van der Waals surface area (Å²) in [6.45, 7) is -0.223. The van der Waals surface area contributed by atoms with Crippen molar-refractivity contribution in [2.45, 2.75) is 5.00 Å². The number of hydrogen-bond donors (Lipinski definition) is 2. The Morgan fingerprint density at radius 2 is 2.50 bits per heavy atom. The first-order valence-corrected chi connectivity index (χ1v) is 3.41. The molecule has 0 aromatic carbocycles. The van der Waals surface area contributed by atoms with Crippen LogP contribution in [-0.2, 0) is 0 Å². The maximum Gasteiger partial charge on any atom is 0.169 e. The summed E-state index contributed by atoms with van der Waals surface area (Å²) in [6, 6.07) is 0. The second-order valence-electron chi connectivity index (χ2n) is 1.90.